The summed E-state index contributed by atoms with van der Waals surface area (Å²) in [5, 5.41) is 31.9. The number of hydrogen-bond donors (Lipinski definition) is 5. The molecule has 5 N–H and O–H groups in total. The van der Waals surface area contributed by atoms with Gasteiger partial charge in [0.1, 0.15) is 11.5 Å². The Kier molecular flexibility index (Phi) is 13.4. The van der Waals surface area contributed by atoms with Crippen LogP contribution in [0.3, 0.4) is 0 Å². The summed E-state index contributed by atoms with van der Waals surface area (Å²) in [6, 6.07) is 19.0. The number of aliphatic hydroxyl groups excluding tert-OH is 1. The molecule has 3 amide bonds. The summed E-state index contributed by atoms with van der Waals surface area (Å²) in [4.78, 5) is 49.7. The van der Waals surface area contributed by atoms with Crippen LogP contribution < -0.4 is 25.8 Å². The molecule has 2 aliphatic heterocycles. The van der Waals surface area contributed by atoms with E-state index in [1.54, 1.807) is 17.2 Å². The maximum atomic E-state index is 16.0. The molecule has 3 aromatic carbocycles. The third kappa shape index (κ3) is 10.2. The second-order valence-corrected chi connectivity index (χ2v) is 18.3. The number of halogens is 1. The predicted molar refractivity (Wildman–Crippen MR) is 249 cm³/mol. The van der Waals surface area contributed by atoms with Gasteiger partial charge >= 0.3 is 6.03 Å². The molecule has 0 spiro atoms. The molecule has 0 aliphatic carbocycles. The molecular formula is C49H57FN10O5. The number of piperidine rings is 1. The van der Waals surface area contributed by atoms with E-state index in [0.29, 0.717) is 59.0 Å². The Morgan fingerprint density at radius 3 is 2.51 bits per heavy atom. The van der Waals surface area contributed by atoms with E-state index in [-0.39, 0.29) is 53.5 Å². The van der Waals surface area contributed by atoms with E-state index >= 15 is 4.39 Å². The Morgan fingerprint density at radius 2 is 1.80 bits per heavy atom. The Labute approximate surface area is 377 Å². The van der Waals surface area contributed by atoms with Crippen LogP contribution in [0.1, 0.15) is 98.9 Å². The molecule has 2 aliphatic rings. The first kappa shape index (κ1) is 45.1. The molecule has 340 valence electrons. The van der Waals surface area contributed by atoms with Gasteiger partial charge in [0.2, 0.25) is 11.7 Å². The topological polar surface area (TPSA) is 195 Å². The summed E-state index contributed by atoms with van der Waals surface area (Å²) in [6.07, 6.45) is 4.79. The monoisotopic (exact) mass is 884 g/mol. The van der Waals surface area contributed by atoms with Crippen LogP contribution in [0.15, 0.2) is 71.4 Å². The average molecular weight is 885 g/mol. The van der Waals surface area contributed by atoms with Crippen LogP contribution in [0.4, 0.5) is 26.2 Å². The number of imide groups is 1. The van der Waals surface area contributed by atoms with E-state index in [2.05, 4.69) is 58.3 Å². The Morgan fingerprint density at radius 1 is 1.02 bits per heavy atom. The molecule has 0 saturated carbocycles. The van der Waals surface area contributed by atoms with E-state index in [4.69, 9.17) is 4.52 Å². The van der Waals surface area contributed by atoms with Gasteiger partial charge < -0.3 is 25.2 Å². The normalized spacial score (nSPS) is 15.4. The van der Waals surface area contributed by atoms with Crippen molar-refractivity contribution >= 4 is 45.8 Å². The summed E-state index contributed by atoms with van der Waals surface area (Å²) in [5.74, 6) is -0.218. The number of aromatic nitrogens is 5. The lowest BCUT2D eigenvalue weighted by molar-refractivity contribution is -0.120. The summed E-state index contributed by atoms with van der Waals surface area (Å²) in [5.41, 5.74) is 7.79. The fraction of sp³-hybridized carbons (Fsp3) is 0.408. The van der Waals surface area contributed by atoms with Crippen LogP contribution in [-0.2, 0) is 16.8 Å². The smallest absolute Gasteiger partial charge is 0.328 e. The number of Topliss-reactive ketones (excluding diaryl/α,β-unsaturated/α-hetero) is 1. The van der Waals surface area contributed by atoms with E-state index in [1.165, 1.54) is 6.07 Å². The van der Waals surface area contributed by atoms with Crippen molar-refractivity contribution in [3.05, 3.63) is 101 Å². The summed E-state index contributed by atoms with van der Waals surface area (Å²) < 4.78 is 21.2. The number of aliphatic hydroxyl groups is 1. The SMILES string of the molecule is Cc1cc(N2CCC(CNCCNc3ccc(-c4cnc5[nH]nc(-c6cc(CO)c([C@@H](C)CCC(=O)c7nc(C(C)(C)C)no7)cc6F)c5c4)cc3)CC2)ccc1N1CCC(=O)NC1=O. The van der Waals surface area contributed by atoms with E-state index in [9.17, 15) is 19.5 Å². The number of rotatable bonds is 16. The number of fused-ring (bicyclic) bond motifs is 1. The number of H-pyrrole nitrogens is 1. The van der Waals surface area contributed by atoms with Gasteiger partial charge in [0.25, 0.3) is 5.89 Å². The van der Waals surface area contributed by atoms with Crippen molar-refractivity contribution in [2.45, 2.75) is 84.7 Å². The fourth-order valence-corrected chi connectivity index (χ4v) is 8.64. The lowest BCUT2D eigenvalue weighted by atomic mass is 9.89. The molecule has 16 heteroatoms. The van der Waals surface area contributed by atoms with E-state index in [1.807, 2.05) is 71.0 Å². The van der Waals surface area contributed by atoms with Gasteiger partial charge in [0, 0.05) is 90.8 Å². The van der Waals surface area contributed by atoms with Gasteiger partial charge in [0.15, 0.2) is 11.5 Å². The number of nitrogens with zero attached hydrogens (tertiary/aromatic N) is 6. The Bertz CT molecular complexity index is 2680. The van der Waals surface area contributed by atoms with Crippen molar-refractivity contribution in [3.8, 4) is 22.4 Å². The van der Waals surface area contributed by atoms with Crippen molar-refractivity contribution in [3.63, 3.8) is 0 Å². The van der Waals surface area contributed by atoms with Crippen molar-refractivity contribution < 1.29 is 28.4 Å². The van der Waals surface area contributed by atoms with Gasteiger partial charge in [-0.3, -0.25) is 24.9 Å². The van der Waals surface area contributed by atoms with Gasteiger partial charge in [-0.1, -0.05) is 45.0 Å². The molecule has 6 aromatic rings. The third-order valence-corrected chi connectivity index (χ3v) is 12.5. The van der Waals surface area contributed by atoms with E-state index in [0.717, 1.165) is 79.3 Å². The number of carbonyl (C=O) groups excluding carboxylic acids is 3. The number of pyridine rings is 1. The quantitative estimate of drug-likeness (QED) is 0.0465. The Hall–Kier alpha value is -6.52. The first-order valence-electron chi connectivity index (χ1n) is 22.4. The highest BCUT2D eigenvalue weighted by molar-refractivity contribution is 6.06. The van der Waals surface area contributed by atoms with Crippen LogP contribution in [0.5, 0.6) is 0 Å². The number of benzene rings is 3. The number of urea groups is 1. The highest BCUT2D eigenvalue weighted by Crippen LogP contribution is 2.36. The Balaban J connectivity index is 0.814. The van der Waals surface area contributed by atoms with Crippen molar-refractivity contribution in [1.29, 1.82) is 0 Å². The number of nitrogens with one attached hydrogen (secondary N) is 4. The molecular weight excluding hydrogens is 828 g/mol. The highest BCUT2D eigenvalue weighted by Gasteiger charge is 2.28. The first-order valence-corrected chi connectivity index (χ1v) is 22.4. The van der Waals surface area contributed by atoms with Crippen LogP contribution in [0, 0.1) is 18.7 Å². The van der Waals surface area contributed by atoms with Crippen molar-refractivity contribution in [2.75, 3.05) is 54.4 Å². The van der Waals surface area contributed by atoms with Gasteiger partial charge in [0.05, 0.1) is 6.61 Å². The zero-order chi connectivity index (χ0) is 45.8. The van der Waals surface area contributed by atoms with Crippen molar-refractivity contribution in [1.82, 2.24) is 36.0 Å². The number of amides is 3. The molecule has 1 atom stereocenters. The summed E-state index contributed by atoms with van der Waals surface area (Å²) >= 11 is 0. The molecule has 2 saturated heterocycles. The minimum Gasteiger partial charge on any atom is -0.392 e. The second-order valence-electron chi connectivity index (χ2n) is 18.3. The number of aryl methyl sites for hydroxylation is 1. The predicted octanol–water partition coefficient (Wildman–Crippen LogP) is 8.04. The maximum Gasteiger partial charge on any atom is 0.328 e. The van der Waals surface area contributed by atoms with Crippen molar-refractivity contribution in [2.24, 2.45) is 5.92 Å². The van der Waals surface area contributed by atoms with Crippen LogP contribution in [0.2, 0.25) is 0 Å². The molecule has 15 nitrogen and oxygen atoms in total. The second kappa shape index (κ2) is 19.3. The largest absolute Gasteiger partial charge is 0.392 e. The zero-order valence-corrected chi connectivity index (χ0v) is 37.6. The molecule has 5 heterocycles. The zero-order valence-electron chi connectivity index (χ0n) is 37.6. The van der Waals surface area contributed by atoms with E-state index < -0.39 is 5.82 Å². The van der Waals surface area contributed by atoms with Gasteiger partial charge in [-0.25, -0.2) is 14.2 Å². The van der Waals surface area contributed by atoms with Gasteiger partial charge in [-0.2, -0.15) is 10.1 Å². The minimum atomic E-state index is -0.488. The number of carbonyl (C=O) groups is 3. The summed E-state index contributed by atoms with van der Waals surface area (Å²) in [7, 11) is 0. The molecule has 65 heavy (non-hydrogen) atoms. The molecule has 3 aromatic heterocycles. The lowest BCUT2D eigenvalue weighted by Crippen LogP contribution is -2.49. The maximum absolute atomic E-state index is 16.0. The number of anilines is 3. The van der Waals surface area contributed by atoms with Gasteiger partial charge in [-0.15, -0.1) is 0 Å². The third-order valence-electron chi connectivity index (χ3n) is 12.5. The molecule has 0 unspecified atom stereocenters. The van der Waals surface area contributed by atoms with Gasteiger partial charge in [-0.05, 0) is 115 Å². The highest BCUT2D eigenvalue weighted by atomic mass is 19.1. The summed E-state index contributed by atoms with van der Waals surface area (Å²) in [6.45, 7) is 14.3. The molecule has 0 radical (unpaired) electrons. The standard InChI is InChI=1S/C49H57FN10O5/c1-29(6-13-42(62)46-55-47(58-65-46)49(3,4)5)37-25-40(50)38(24-34(37)28-61)44-39-23-33(27-53-45(39)57-56-44)32-7-9-35(10-8-32)52-18-17-51-26-31-14-19-59(20-15-31)36-11-12-41(30(2)22-36)60-21-16-43(63)54-48(60)64/h7-12,22-25,27,29,31,51-52,61H,6,13-21,26,28H2,1-5H3,(H,53,56,57)(H,54,63,64)/t29-/m0/s1. The molecule has 0 bridgehead atoms. The average Bonchev–Trinajstić information content (AvgIpc) is 3.98. The lowest BCUT2D eigenvalue weighted by Gasteiger charge is -2.34. The number of ketones is 1. The van der Waals surface area contributed by atoms with Crippen LogP contribution in [-0.4, -0.2) is 87.4 Å². The first-order chi connectivity index (χ1) is 31.2. The minimum absolute atomic E-state index is 0.0357. The number of aromatic amines is 1. The van der Waals surface area contributed by atoms with Crippen LogP contribution >= 0.6 is 0 Å². The molecule has 2 fully saturated rings. The number of hydrogen-bond acceptors (Lipinski definition) is 12. The molecule has 8 rings (SSSR count). The van der Waals surface area contributed by atoms with Crippen LogP contribution in [0.25, 0.3) is 33.4 Å². The fourth-order valence-electron chi connectivity index (χ4n) is 8.64.